The van der Waals surface area contributed by atoms with Crippen LogP contribution < -0.4 is 0 Å². The summed E-state index contributed by atoms with van der Waals surface area (Å²) in [5, 5.41) is 12.6. The molecule has 1 aromatic carbocycles. The second-order valence-corrected chi connectivity index (χ2v) is 3.34. The van der Waals surface area contributed by atoms with Crippen LogP contribution in [-0.2, 0) is 0 Å². The summed E-state index contributed by atoms with van der Waals surface area (Å²) in [5.74, 6) is -1.57. The molecule has 2 rings (SSSR count). The highest BCUT2D eigenvalue weighted by Gasteiger charge is 2.13. The van der Waals surface area contributed by atoms with Crippen LogP contribution in [0.1, 0.15) is 16.2 Å². The predicted octanol–water partition coefficient (Wildman–Crippen LogP) is 2.02. The Bertz CT molecular complexity index is 549. The van der Waals surface area contributed by atoms with Crippen molar-refractivity contribution in [3.05, 3.63) is 47.5 Å². The van der Waals surface area contributed by atoms with Crippen molar-refractivity contribution in [1.82, 2.24) is 9.78 Å². The van der Waals surface area contributed by atoms with Crippen molar-refractivity contribution in [2.75, 3.05) is 0 Å². The predicted molar refractivity (Wildman–Crippen MR) is 55.2 cm³/mol. The van der Waals surface area contributed by atoms with E-state index in [1.807, 2.05) is 0 Å². The maximum Gasteiger partial charge on any atom is 0.356 e. The van der Waals surface area contributed by atoms with Crippen LogP contribution in [0.15, 0.2) is 30.3 Å². The van der Waals surface area contributed by atoms with Gasteiger partial charge in [0, 0.05) is 5.69 Å². The van der Waals surface area contributed by atoms with Gasteiger partial charge in [-0.3, -0.25) is 0 Å². The number of benzene rings is 1. The average molecular weight is 220 g/mol. The number of hydrogen-bond donors (Lipinski definition) is 1. The van der Waals surface area contributed by atoms with Crippen LogP contribution in [0.3, 0.4) is 0 Å². The van der Waals surface area contributed by atoms with Crippen LogP contribution in [-0.4, -0.2) is 20.9 Å². The van der Waals surface area contributed by atoms with E-state index in [1.54, 1.807) is 25.1 Å². The summed E-state index contributed by atoms with van der Waals surface area (Å²) >= 11 is 0. The molecule has 5 heteroatoms. The molecule has 0 atom stereocenters. The zero-order chi connectivity index (χ0) is 11.7. The Morgan fingerprint density at radius 3 is 2.69 bits per heavy atom. The van der Waals surface area contributed by atoms with Crippen LogP contribution >= 0.6 is 0 Å². The first-order chi connectivity index (χ1) is 7.59. The minimum atomic E-state index is -1.13. The number of carbonyl (C=O) groups is 1. The molecule has 82 valence electrons. The maximum absolute atomic E-state index is 13.5. The summed E-state index contributed by atoms with van der Waals surface area (Å²) in [7, 11) is 0. The number of rotatable bonds is 2. The quantitative estimate of drug-likeness (QED) is 0.842. The molecule has 0 amide bonds. The number of carboxylic acids is 1. The summed E-state index contributed by atoms with van der Waals surface area (Å²) in [5.41, 5.74) is 0.718. The van der Waals surface area contributed by atoms with Crippen molar-refractivity contribution in [3.8, 4) is 5.69 Å². The number of hydrogen-bond acceptors (Lipinski definition) is 2. The second-order valence-electron chi connectivity index (χ2n) is 3.34. The normalized spacial score (nSPS) is 10.4. The summed E-state index contributed by atoms with van der Waals surface area (Å²) < 4.78 is 14.7. The summed E-state index contributed by atoms with van der Waals surface area (Å²) in [6.45, 7) is 1.67. The number of carboxylic acid groups (broad SMARTS) is 1. The third-order valence-corrected chi connectivity index (χ3v) is 2.19. The van der Waals surface area contributed by atoms with E-state index in [1.165, 1.54) is 16.8 Å². The third kappa shape index (κ3) is 1.67. The Morgan fingerprint density at radius 1 is 1.44 bits per heavy atom. The highest BCUT2D eigenvalue weighted by atomic mass is 19.1. The highest BCUT2D eigenvalue weighted by molar-refractivity contribution is 5.85. The van der Waals surface area contributed by atoms with E-state index in [0.717, 1.165) is 0 Å². The van der Waals surface area contributed by atoms with Gasteiger partial charge in [0.25, 0.3) is 0 Å². The van der Waals surface area contributed by atoms with E-state index in [9.17, 15) is 9.18 Å². The Hall–Kier alpha value is -2.17. The fourth-order valence-electron chi connectivity index (χ4n) is 1.45. The van der Waals surface area contributed by atoms with Crippen molar-refractivity contribution < 1.29 is 14.3 Å². The zero-order valence-corrected chi connectivity index (χ0v) is 8.51. The van der Waals surface area contributed by atoms with Gasteiger partial charge in [0.05, 0.1) is 0 Å². The van der Waals surface area contributed by atoms with E-state index >= 15 is 0 Å². The topological polar surface area (TPSA) is 55.1 Å². The van der Waals surface area contributed by atoms with Gasteiger partial charge in [-0.05, 0) is 25.1 Å². The lowest BCUT2D eigenvalue weighted by molar-refractivity contribution is 0.0690. The van der Waals surface area contributed by atoms with E-state index in [0.29, 0.717) is 5.69 Å². The molecule has 16 heavy (non-hydrogen) atoms. The first-order valence-corrected chi connectivity index (χ1v) is 4.64. The van der Waals surface area contributed by atoms with Gasteiger partial charge in [-0.15, -0.1) is 0 Å². The van der Waals surface area contributed by atoms with Gasteiger partial charge in [-0.2, -0.15) is 5.10 Å². The van der Waals surface area contributed by atoms with Crippen molar-refractivity contribution in [3.63, 3.8) is 0 Å². The monoisotopic (exact) mass is 220 g/mol. The van der Waals surface area contributed by atoms with E-state index in [4.69, 9.17) is 5.11 Å². The van der Waals surface area contributed by atoms with Crippen LogP contribution in [0.2, 0.25) is 0 Å². The van der Waals surface area contributed by atoms with Crippen LogP contribution in [0.4, 0.5) is 4.39 Å². The molecule has 0 aliphatic rings. The Labute approximate surface area is 90.9 Å². The molecule has 0 bridgehead atoms. The standard InChI is InChI=1S/C11H9FN2O2/c1-7-6-9(11(15)16)13-14(7)10-5-3-2-4-8(10)12/h2-6H,1H3,(H,15,16). The summed E-state index contributed by atoms with van der Waals surface area (Å²) in [6.07, 6.45) is 0. The maximum atomic E-state index is 13.5. The van der Waals surface area contributed by atoms with Crippen molar-refractivity contribution in [2.24, 2.45) is 0 Å². The molecule has 1 N–H and O–H groups in total. The number of nitrogens with zero attached hydrogens (tertiary/aromatic N) is 2. The van der Waals surface area contributed by atoms with Crippen molar-refractivity contribution in [2.45, 2.75) is 6.92 Å². The second kappa shape index (κ2) is 3.77. The van der Waals surface area contributed by atoms with Gasteiger partial charge in [-0.1, -0.05) is 12.1 Å². The molecule has 0 radical (unpaired) electrons. The highest BCUT2D eigenvalue weighted by Crippen LogP contribution is 2.15. The summed E-state index contributed by atoms with van der Waals surface area (Å²) in [4.78, 5) is 10.7. The SMILES string of the molecule is Cc1cc(C(=O)O)nn1-c1ccccc1F. The number of aromatic nitrogens is 2. The number of aryl methyl sites for hydroxylation is 1. The minimum Gasteiger partial charge on any atom is -0.476 e. The number of halogens is 1. The first-order valence-electron chi connectivity index (χ1n) is 4.64. The van der Waals surface area contributed by atoms with E-state index in [2.05, 4.69) is 5.10 Å². The Kier molecular flexibility index (Phi) is 2.44. The zero-order valence-electron chi connectivity index (χ0n) is 8.51. The average Bonchev–Trinajstić information content (AvgIpc) is 2.61. The Balaban J connectivity index is 2.57. The fourth-order valence-corrected chi connectivity index (χ4v) is 1.45. The first kappa shape index (κ1) is 10.4. The molecular formula is C11H9FN2O2. The molecule has 0 unspecified atom stereocenters. The molecule has 2 aromatic rings. The van der Waals surface area contributed by atoms with Gasteiger partial charge >= 0.3 is 5.97 Å². The van der Waals surface area contributed by atoms with Crippen LogP contribution in [0.5, 0.6) is 0 Å². The lowest BCUT2D eigenvalue weighted by Crippen LogP contribution is -2.04. The largest absolute Gasteiger partial charge is 0.476 e. The number of para-hydroxylation sites is 1. The molecule has 1 heterocycles. The van der Waals surface area contributed by atoms with E-state index < -0.39 is 11.8 Å². The molecule has 0 aliphatic heterocycles. The summed E-state index contributed by atoms with van der Waals surface area (Å²) in [6, 6.07) is 7.47. The lowest BCUT2D eigenvalue weighted by Gasteiger charge is -2.04. The molecule has 1 aromatic heterocycles. The van der Waals surface area contributed by atoms with Gasteiger partial charge in [-0.25, -0.2) is 13.9 Å². The third-order valence-electron chi connectivity index (χ3n) is 2.19. The molecule has 0 aliphatic carbocycles. The van der Waals surface area contributed by atoms with E-state index in [-0.39, 0.29) is 11.4 Å². The fraction of sp³-hybridized carbons (Fsp3) is 0.0909. The molecular weight excluding hydrogens is 211 g/mol. The van der Waals surface area contributed by atoms with Crippen LogP contribution in [0, 0.1) is 12.7 Å². The molecule has 0 spiro atoms. The molecule has 0 fully saturated rings. The van der Waals surface area contributed by atoms with Gasteiger partial charge in [0.2, 0.25) is 0 Å². The van der Waals surface area contributed by atoms with Crippen molar-refractivity contribution in [1.29, 1.82) is 0 Å². The Morgan fingerprint density at radius 2 is 2.12 bits per heavy atom. The van der Waals surface area contributed by atoms with Crippen molar-refractivity contribution >= 4 is 5.97 Å². The molecule has 0 saturated heterocycles. The molecule has 0 saturated carbocycles. The van der Waals surface area contributed by atoms with Gasteiger partial charge < -0.3 is 5.11 Å². The van der Waals surface area contributed by atoms with Gasteiger partial charge in [0.1, 0.15) is 11.5 Å². The van der Waals surface area contributed by atoms with Gasteiger partial charge in [0.15, 0.2) is 5.69 Å². The molecule has 4 nitrogen and oxygen atoms in total. The minimum absolute atomic E-state index is 0.0965. The lowest BCUT2D eigenvalue weighted by atomic mass is 10.3. The van der Waals surface area contributed by atoms with Crippen LogP contribution in [0.25, 0.3) is 5.69 Å². The smallest absolute Gasteiger partial charge is 0.356 e. The number of aromatic carboxylic acids is 1.